The summed E-state index contributed by atoms with van der Waals surface area (Å²) in [7, 11) is 0. The molecule has 0 amide bonds. The lowest BCUT2D eigenvalue weighted by molar-refractivity contribution is -0.970. The Balaban J connectivity index is 2.12. The molecule has 1 aliphatic rings. The van der Waals surface area contributed by atoms with Crippen molar-refractivity contribution in [1.29, 1.82) is 0 Å². The minimum absolute atomic E-state index is 0.503. The number of hydrogen-bond acceptors (Lipinski definition) is 0. The monoisotopic (exact) mass is 260 g/mol. The van der Waals surface area contributed by atoms with E-state index in [0.29, 0.717) is 16.1 Å². The van der Waals surface area contributed by atoms with E-state index in [9.17, 15) is 0 Å². The number of halogens is 2. The smallest absolute Gasteiger partial charge is 0.127 e. The van der Waals surface area contributed by atoms with Crippen LogP contribution in [0.5, 0.6) is 0 Å². The van der Waals surface area contributed by atoms with Crippen LogP contribution in [0.25, 0.3) is 0 Å². The van der Waals surface area contributed by atoms with Gasteiger partial charge in [0, 0.05) is 5.56 Å². The first-order valence-electron chi connectivity index (χ1n) is 5.79. The van der Waals surface area contributed by atoms with Gasteiger partial charge >= 0.3 is 0 Å². The second-order valence-electron chi connectivity index (χ2n) is 4.42. The first-order valence-corrected chi connectivity index (χ1v) is 6.55. The second-order valence-corrected chi connectivity index (χ2v) is 5.23. The second kappa shape index (κ2) is 5.37. The van der Waals surface area contributed by atoms with Crippen LogP contribution in [0.2, 0.25) is 10.0 Å². The fourth-order valence-corrected chi connectivity index (χ4v) is 2.60. The molecule has 1 atom stereocenters. The summed E-state index contributed by atoms with van der Waals surface area (Å²) in [6, 6.07) is 6.48. The number of rotatable bonds is 2. The Morgan fingerprint density at radius 3 is 2.50 bits per heavy atom. The minimum Gasteiger partial charge on any atom is -0.337 e. The van der Waals surface area contributed by atoms with Gasteiger partial charge in [0.2, 0.25) is 0 Å². The maximum Gasteiger partial charge on any atom is 0.127 e. The maximum absolute atomic E-state index is 6.05. The van der Waals surface area contributed by atoms with Crippen LogP contribution < -0.4 is 10.2 Å². The molecule has 0 radical (unpaired) electrons. The molecule has 1 fully saturated rings. The van der Waals surface area contributed by atoms with Crippen molar-refractivity contribution in [3.05, 3.63) is 33.8 Å². The van der Waals surface area contributed by atoms with Gasteiger partial charge in [-0.25, -0.2) is 0 Å². The van der Waals surface area contributed by atoms with Gasteiger partial charge in [-0.15, -0.1) is 0 Å². The number of nitrogens with one attached hydrogen (secondary N) is 1. The zero-order chi connectivity index (χ0) is 11.5. The molecule has 0 unspecified atom stereocenters. The van der Waals surface area contributed by atoms with E-state index in [4.69, 9.17) is 23.2 Å². The SMILES string of the molecule is C[C@H](c1ccc(Cl)c(Cl)c1)[NH+]1CC[NH2+]CC1. The third-order valence-corrected chi connectivity index (χ3v) is 4.13. The van der Waals surface area contributed by atoms with Crippen LogP contribution in [0, 0.1) is 0 Å². The predicted octanol–water partition coefficient (Wildman–Crippen LogP) is 0.516. The topological polar surface area (TPSA) is 21.1 Å². The molecule has 2 rings (SSSR count). The van der Waals surface area contributed by atoms with Crippen molar-refractivity contribution in [3.63, 3.8) is 0 Å². The molecule has 1 aromatic carbocycles. The molecule has 4 heteroatoms. The Hall–Kier alpha value is -0.280. The molecule has 1 saturated heterocycles. The van der Waals surface area contributed by atoms with Gasteiger partial charge in [-0.1, -0.05) is 29.3 Å². The summed E-state index contributed by atoms with van der Waals surface area (Å²) in [6.07, 6.45) is 0. The van der Waals surface area contributed by atoms with E-state index in [2.05, 4.69) is 18.3 Å². The van der Waals surface area contributed by atoms with Crippen LogP contribution in [0.1, 0.15) is 18.5 Å². The molecule has 16 heavy (non-hydrogen) atoms. The van der Waals surface area contributed by atoms with Crippen LogP contribution in [-0.2, 0) is 0 Å². The van der Waals surface area contributed by atoms with E-state index in [1.807, 2.05) is 12.1 Å². The van der Waals surface area contributed by atoms with Crippen molar-refractivity contribution in [2.75, 3.05) is 26.2 Å². The summed E-state index contributed by atoms with van der Waals surface area (Å²) in [6.45, 7) is 7.16. The standard InChI is InChI=1S/C12H16Cl2N2/c1-9(16-6-4-15-5-7-16)10-2-3-11(13)12(14)8-10/h2-3,8-9,15H,4-7H2,1H3/p+2/t9-/m1/s1. The van der Waals surface area contributed by atoms with Gasteiger partial charge < -0.3 is 10.2 Å². The molecule has 0 saturated carbocycles. The predicted molar refractivity (Wildman–Crippen MR) is 67.2 cm³/mol. The van der Waals surface area contributed by atoms with Gasteiger partial charge in [-0.2, -0.15) is 0 Å². The van der Waals surface area contributed by atoms with Gasteiger partial charge in [-0.05, 0) is 19.1 Å². The fourth-order valence-electron chi connectivity index (χ4n) is 2.29. The van der Waals surface area contributed by atoms with Gasteiger partial charge in [0.25, 0.3) is 0 Å². The highest BCUT2D eigenvalue weighted by Crippen LogP contribution is 2.24. The Kier molecular flexibility index (Phi) is 4.09. The van der Waals surface area contributed by atoms with E-state index in [1.165, 1.54) is 31.7 Å². The molecule has 2 nitrogen and oxygen atoms in total. The van der Waals surface area contributed by atoms with E-state index in [-0.39, 0.29) is 0 Å². The molecule has 0 spiro atoms. The Labute approximate surface area is 107 Å². The molecule has 1 aliphatic heterocycles. The minimum atomic E-state index is 0.503. The van der Waals surface area contributed by atoms with E-state index < -0.39 is 0 Å². The third-order valence-electron chi connectivity index (χ3n) is 3.40. The molecule has 88 valence electrons. The molecule has 1 aromatic rings. The highest BCUT2D eigenvalue weighted by molar-refractivity contribution is 6.42. The molecule has 0 bridgehead atoms. The van der Waals surface area contributed by atoms with Gasteiger partial charge in [-0.3, -0.25) is 0 Å². The van der Waals surface area contributed by atoms with Crippen LogP contribution in [0.4, 0.5) is 0 Å². The zero-order valence-electron chi connectivity index (χ0n) is 9.47. The average Bonchev–Trinajstić information content (AvgIpc) is 2.33. The molecule has 1 heterocycles. The number of nitrogens with two attached hydrogens (primary N) is 1. The van der Waals surface area contributed by atoms with Gasteiger partial charge in [0.1, 0.15) is 32.2 Å². The third kappa shape index (κ3) is 2.69. The van der Waals surface area contributed by atoms with Crippen molar-refractivity contribution in [2.24, 2.45) is 0 Å². The van der Waals surface area contributed by atoms with Crippen LogP contribution in [-0.4, -0.2) is 26.2 Å². The quantitative estimate of drug-likeness (QED) is 0.774. The first kappa shape index (κ1) is 12.2. The lowest BCUT2D eigenvalue weighted by Crippen LogP contribution is -3.20. The number of piperazine rings is 1. The molecule has 0 aromatic heterocycles. The summed E-state index contributed by atoms with van der Waals surface area (Å²) >= 11 is 12.0. The maximum atomic E-state index is 6.05. The zero-order valence-corrected chi connectivity index (χ0v) is 11.0. The molecular weight excluding hydrogens is 243 g/mol. The van der Waals surface area contributed by atoms with Crippen molar-refractivity contribution < 1.29 is 10.2 Å². The van der Waals surface area contributed by atoms with E-state index >= 15 is 0 Å². The first-order chi connectivity index (χ1) is 7.68. The van der Waals surface area contributed by atoms with E-state index in [0.717, 1.165) is 0 Å². The normalized spacial score (nSPS) is 19.7. The Morgan fingerprint density at radius 2 is 1.88 bits per heavy atom. The summed E-state index contributed by atoms with van der Waals surface area (Å²) in [5, 5.41) is 3.68. The molecular formula is C12H18Cl2N2+2. The highest BCUT2D eigenvalue weighted by atomic mass is 35.5. The lowest BCUT2D eigenvalue weighted by Gasteiger charge is -2.28. The summed E-state index contributed by atoms with van der Waals surface area (Å²) < 4.78 is 0. The van der Waals surface area contributed by atoms with Crippen LogP contribution in [0.15, 0.2) is 18.2 Å². The van der Waals surface area contributed by atoms with Crippen molar-refractivity contribution in [2.45, 2.75) is 13.0 Å². The Morgan fingerprint density at radius 1 is 1.19 bits per heavy atom. The summed E-state index contributed by atoms with van der Waals surface area (Å²) in [5.74, 6) is 0. The largest absolute Gasteiger partial charge is 0.337 e. The summed E-state index contributed by atoms with van der Waals surface area (Å²) in [4.78, 5) is 1.64. The van der Waals surface area contributed by atoms with Crippen LogP contribution in [0.3, 0.4) is 0 Å². The number of benzene rings is 1. The molecule has 0 aliphatic carbocycles. The fraction of sp³-hybridized carbons (Fsp3) is 0.500. The summed E-state index contributed by atoms with van der Waals surface area (Å²) in [5.41, 5.74) is 1.28. The Bertz CT molecular complexity index is 362. The van der Waals surface area contributed by atoms with Crippen molar-refractivity contribution >= 4 is 23.2 Å². The number of hydrogen-bond donors (Lipinski definition) is 2. The molecule has 3 N–H and O–H groups in total. The highest BCUT2D eigenvalue weighted by Gasteiger charge is 2.23. The lowest BCUT2D eigenvalue weighted by atomic mass is 10.1. The van der Waals surface area contributed by atoms with Crippen LogP contribution >= 0.6 is 23.2 Å². The van der Waals surface area contributed by atoms with Gasteiger partial charge in [0.15, 0.2) is 0 Å². The van der Waals surface area contributed by atoms with Crippen molar-refractivity contribution in [3.8, 4) is 0 Å². The average molecular weight is 261 g/mol. The van der Waals surface area contributed by atoms with Crippen molar-refractivity contribution in [1.82, 2.24) is 0 Å². The van der Waals surface area contributed by atoms with Gasteiger partial charge in [0.05, 0.1) is 10.0 Å². The van der Waals surface area contributed by atoms with E-state index in [1.54, 1.807) is 4.90 Å². The number of quaternary nitrogens is 2.